The standard InChI is InChI=1S/C26H28N2O6S2.Na/c1-17-13-35-25(27-17)36(31,32)28(14-26(2)15-33-16-26)22-10-20-4-3-5-21(20)11-23(22)34-12-18-6-8-19(9-7-18)24(29)30;/h6-11,13H,3-5,12,14-16H2,1-2H3,(H,29,30);/q;+1/p-1. The number of hydrogen-bond donors (Lipinski definition) is 0. The zero-order valence-electron chi connectivity index (χ0n) is 21.2. The van der Waals surface area contributed by atoms with E-state index in [1.165, 1.54) is 16.4 Å². The summed E-state index contributed by atoms with van der Waals surface area (Å²) in [6.07, 6.45) is 2.81. The van der Waals surface area contributed by atoms with Gasteiger partial charge in [0.1, 0.15) is 12.4 Å². The smallest absolute Gasteiger partial charge is 0.545 e. The van der Waals surface area contributed by atoms with Crippen molar-refractivity contribution in [3.63, 3.8) is 0 Å². The van der Waals surface area contributed by atoms with Crippen molar-refractivity contribution in [2.45, 2.75) is 44.1 Å². The predicted octanol–water partition coefficient (Wildman–Crippen LogP) is 0.119. The zero-order chi connectivity index (χ0) is 25.5. The van der Waals surface area contributed by atoms with E-state index in [-0.39, 0.29) is 58.0 Å². The van der Waals surface area contributed by atoms with E-state index in [0.717, 1.165) is 47.3 Å². The van der Waals surface area contributed by atoms with Crippen molar-refractivity contribution in [3.8, 4) is 5.75 Å². The Morgan fingerprint density at radius 2 is 1.86 bits per heavy atom. The van der Waals surface area contributed by atoms with Crippen LogP contribution in [0.1, 0.15) is 46.1 Å². The number of anilines is 1. The Bertz CT molecular complexity index is 1400. The summed E-state index contributed by atoms with van der Waals surface area (Å²) in [6, 6.07) is 10.2. The van der Waals surface area contributed by atoms with Gasteiger partial charge in [-0.15, -0.1) is 11.3 Å². The maximum absolute atomic E-state index is 13.9. The first-order chi connectivity index (χ1) is 17.1. The molecule has 1 aliphatic carbocycles. The number of hydrogen-bond acceptors (Lipinski definition) is 8. The third-order valence-electron chi connectivity index (χ3n) is 6.56. The second-order valence-corrected chi connectivity index (χ2v) is 12.7. The number of fused-ring (bicyclic) bond motifs is 1. The largest absolute Gasteiger partial charge is 1.00 e. The average molecular weight is 551 g/mol. The molecule has 11 heteroatoms. The van der Waals surface area contributed by atoms with E-state index in [2.05, 4.69) is 4.98 Å². The topological polar surface area (TPSA) is 109 Å². The molecule has 3 aromatic rings. The first-order valence-electron chi connectivity index (χ1n) is 11.8. The van der Waals surface area contributed by atoms with Gasteiger partial charge in [0.15, 0.2) is 0 Å². The fraction of sp³-hybridized carbons (Fsp3) is 0.385. The SMILES string of the molecule is Cc1csc(S(=O)(=O)N(CC2(C)COC2)c2cc3c(cc2OCc2ccc(C(=O)[O-])cc2)CCC3)n1.[Na+]. The number of aromatic nitrogens is 1. The van der Waals surface area contributed by atoms with Crippen molar-refractivity contribution in [2.75, 3.05) is 24.1 Å². The number of carbonyl (C=O) groups is 1. The van der Waals surface area contributed by atoms with Gasteiger partial charge < -0.3 is 19.4 Å². The Hall–Kier alpha value is -1.95. The monoisotopic (exact) mass is 550 g/mol. The molecule has 1 aliphatic heterocycles. The maximum Gasteiger partial charge on any atom is 1.00 e. The summed E-state index contributed by atoms with van der Waals surface area (Å²) in [5.74, 6) is -0.768. The molecule has 0 bridgehead atoms. The van der Waals surface area contributed by atoms with E-state index in [1.54, 1.807) is 24.4 Å². The van der Waals surface area contributed by atoms with Crippen LogP contribution in [0, 0.1) is 12.3 Å². The van der Waals surface area contributed by atoms with Gasteiger partial charge in [-0.1, -0.05) is 31.2 Å². The van der Waals surface area contributed by atoms with Crippen LogP contribution in [0.4, 0.5) is 5.69 Å². The van der Waals surface area contributed by atoms with Gasteiger partial charge in [0.2, 0.25) is 4.34 Å². The zero-order valence-corrected chi connectivity index (χ0v) is 24.8. The van der Waals surface area contributed by atoms with Crippen LogP contribution in [0.2, 0.25) is 0 Å². The fourth-order valence-electron chi connectivity index (χ4n) is 4.53. The molecule has 37 heavy (non-hydrogen) atoms. The van der Waals surface area contributed by atoms with Crippen LogP contribution in [0.15, 0.2) is 46.1 Å². The van der Waals surface area contributed by atoms with Crippen molar-refractivity contribution < 1.29 is 57.3 Å². The summed E-state index contributed by atoms with van der Waals surface area (Å²) in [7, 11) is -3.95. The Morgan fingerprint density at radius 3 is 2.43 bits per heavy atom. The molecule has 1 saturated heterocycles. The number of carboxylic acids is 1. The Kier molecular flexibility index (Phi) is 8.37. The quantitative estimate of drug-likeness (QED) is 0.348. The molecule has 1 aromatic heterocycles. The molecule has 2 aromatic carbocycles. The van der Waals surface area contributed by atoms with E-state index in [0.29, 0.717) is 30.3 Å². The predicted molar refractivity (Wildman–Crippen MR) is 134 cm³/mol. The van der Waals surface area contributed by atoms with E-state index in [4.69, 9.17) is 9.47 Å². The number of aryl methyl sites for hydroxylation is 3. The van der Waals surface area contributed by atoms with Gasteiger partial charge in [0, 0.05) is 23.0 Å². The first kappa shape index (κ1) is 28.1. The molecule has 0 atom stereocenters. The molecule has 2 aliphatic rings. The van der Waals surface area contributed by atoms with Crippen LogP contribution >= 0.6 is 11.3 Å². The maximum atomic E-state index is 13.9. The second-order valence-electron chi connectivity index (χ2n) is 9.79. The molecule has 0 unspecified atom stereocenters. The van der Waals surface area contributed by atoms with Crippen LogP contribution in [-0.4, -0.2) is 39.1 Å². The van der Waals surface area contributed by atoms with Crippen LogP contribution < -0.4 is 43.7 Å². The molecule has 190 valence electrons. The van der Waals surface area contributed by atoms with Gasteiger partial charge in [-0.05, 0) is 60.6 Å². The van der Waals surface area contributed by atoms with E-state index < -0.39 is 16.0 Å². The third kappa shape index (κ3) is 5.89. The molecule has 0 radical (unpaired) electrons. The van der Waals surface area contributed by atoms with Crippen LogP contribution in [-0.2, 0) is 34.2 Å². The number of thiazole rings is 1. The molecular formula is C26H27N2NaO6S2. The van der Waals surface area contributed by atoms with Gasteiger partial charge in [-0.25, -0.2) is 4.98 Å². The van der Waals surface area contributed by atoms with Gasteiger partial charge >= 0.3 is 29.6 Å². The number of carboxylic acid groups (broad SMARTS) is 1. The molecule has 0 N–H and O–H groups in total. The summed E-state index contributed by atoms with van der Waals surface area (Å²) >= 11 is 1.11. The van der Waals surface area contributed by atoms with E-state index >= 15 is 0 Å². The summed E-state index contributed by atoms with van der Waals surface area (Å²) < 4.78 is 40.9. The van der Waals surface area contributed by atoms with Gasteiger partial charge in [0.25, 0.3) is 10.0 Å². The fourth-order valence-corrected chi connectivity index (χ4v) is 7.28. The van der Waals surface area contributed by atoms with Crippen molar-refractivity contribution in [1.29, 1.82) is 0 Å². The number of rotatable bonds is 9. The third-order valence-corrected chi connectivity index (χ3v) is 9.67. The first-order valence-corrected chi connectivity index (χ1v) is 14.1. The number of aromatic carboxylic acids is 1. The number of carbonyl (C=O) groups excluding carboxylic acids is 1. The molecule has 0 saturated carbocycles. The minimum absolute atomic E-state index is 0. The van der Waals surface area contributed by atoms with Crippen LogP contribution in [0.5, 0.6) is 5.75 Å². The number of nitrogens with zero attached hydrogens (tertiary/aromatic N) is 2. The van der Waals surface area contributed by atoms with Crippen LogP contribution in [0.25, 0.3) is 0 Å². The van der Waals surface area contributed by atoms with Gasteiger partial charge in [-0.3, -0.25) is 4.31 Å². The normalized spacial score (nSPS) is 15.8. The van der Waals surface area contributed by atoms with Crippen molar-refractivity contribution in [3.05, 3.63) is 69.7 Å². The van der Waals surface area contributed by atoms with Crippen molar-refractivity contribution in [2.24, 2.45) is 5.41 Å². The summed E-state index contributed by atoms with van der Waals surface area (Å²) in [6.45, 7) is 5.13. The second kappa shape index (κ2) is 11.0. The summed E-state index contributed by atoms with van der Waals surface area (Å²) in [5.41, 5.74) is 3.95. The molecule has 1 fully saturated rings. The van der Waals surface area contributed by atoms with E-state index in [9.17, 15) is 18.3 Å². The number of ether oxygens (including phenoxy) is 2. The minimum Gasteiger partial charge on any atom is -0.545 e. The molecular weight excluding hydrogens is 523 g/mol. The minimum atomic E-state index is -3.95. The van der Waals surface area contributed by atoms with Crippen LogP contribution in [0.3, 0.4) is 0 Å². The van der Waals surface area contributed by atoms with Crippen molar-refractivity contribution >= 4 is 33.0 Å². The molecule has 0 spiro atoms. The molecule has 8 nitrogen and oxygen atoms in total. The number of sulfonamides is 1. The Morgan fingerprint density at radius 1 is 1.19 bits per heavy atom. The van der Waals surface area contributed by atoms with Gasteiger partial charge in [-0.2, -0.15) is 8.42 Å². The summed E-state index contributed by atoms with van der Waals surface area (Å²) in [4.78, 5) is 15.3. The Labute approximate surface area is 243 Å². The molecule has 2 heterocycles. The van der Waals surface area contributed by atoms with Gasteiger partial charge in [0.05, 0.1) is 24.9 Å². The molecule has 5 rings (SSSR count). The molecule has 0 amide bonds. The Balaban J connectivity index is 0.00000320. The number of benzene rings is 2. The average Bonchev–Trinajstić information content (AvgIpc) is 3.48. The van der Waals surface area contributed by atoms with E-state index in [1.807, 2.05) is 19.1 Å². The summed E-state index contributed by atoms with van der Waals surface area (Å²) in [5, 5.41) is 12.8. The van der Waals surface area contributed by atoms with Crippen molar-refractivity contribution in [1.82, 2.24) is 4.98 Å².